The summed E-state index contributed by atoms with van der Waals surface area (Å²) in [6, 6.07) is 0.620. The fourth-order valence-corrected chi connectivity index (χ4v) is 2.90. The Hall–Kier alpha value is -0.120. The van der Waals surface area contributed by atoms with Crippen LogP contribution in [-0.4, -0.2) is 54.6 Å². The molecule has 0 spiro atoms. The third-order valence-electron chi connectivity index (χ3n) is 4.22. The van der Waals surface area contributed by atoms with E-state index in [2.05, 4.69) is 44.5 Å². The zero-order chi connectivity index (χ0) is 13.1. The number of rotatable bonds is 5. The SMILES string of the molecule is CC(C)CCC(C)(CN)N1CCN(C)CC1C. The summed E-state index contributed by atoms with van der Waals surface area (Å²) < 4.78 is 0. The molecule has 2 N–H and O–H groups in total. The van der Waals surface area contributed by atoms with Crippen LogP contribution in [0.15, 0.2) is 0 Å². The first-order valence-corrected chi connectivity index (χ1v) is 7.04. The molecule has 1 saturated heterocycles. The van der Waals surface area contributed by atoms with Crippen LogP contribution in [0.5, 0.6) is 0 Å². The third kappa shape index (κ3) is 3.94. The number of hydrogen-bond acceptors (Lipinski definition) is 3. The Kier molecular flexibility index (Phi) is 5.42. The van der Waals surface area contributed by atoms with Gasteiger partial charge in [-0.1, -0.05) is 13.8 Å². The molecule has 0 aromatic heterocycles. The van der Waals surface area contributed by atoms with Crippen LogP contribution < -0.4 is 5.73 Å². The molecule has 0 aromatic carbocycles. The fourth-order valence-electron chi connectivity index (χ4n) is 2.90. The predicted octanol–water partition coefficient (Wildman–Crippen LogP) is 1.78. The van der Waals surface area contributed by atoms with Gasteiger partial charge in [-0.2, -0.15) is 0 Å². The average molecular weight is 241 g/mol. The molecule has 0 saturated carbocycles. The molecule has 2 unspecified atom stereocenters. The van der Waals surface area contributed by atoms with Crippen molar-refractivity contribution in [1.82, 2.24) is 9.80 Å². The minimum atomic E-state index is 0.185. The molecular formula is C14H31N3. The van der Waals surface area contributed by atoms with Crippen molar-refractivity contribution in [3.63, 3.8) is 0 Å². The van der Waals surface area contributed by atoms with Crippen LogP contribution in [0.1, 0.15) is 40.5 Å². The first-order chi connectivity index (χ1) is 7.89. The second-order valence-electron chi connectivity index (χ2n) is 6.44. The fraction of sp³-hybridized carbons (Fsp3) is 1.00. The summed E-state index contributed by atoms with van der Waals surface area (Å²) in [4.78, 5) is 5.05. The van der Waals surface area contributed by atoms with Crippen molar-refractivity contribution < 1.29 is 0 Å². The van der Waals surface area contributed by atoms with E-state index in [1.807, 2.05) is 0 Å². The van der Waals surface area contributed by atoms with E-state index in [1.165, 1.54) is 19.4 Å². The molecule has 102 valence electrons. The van der Waals surface area contributed by atoms with Crippen molar-refractivity contribution in [2.75, 3.05) is 33.2 Å². The summed E-state index contributed by atoms with van der Waals surface area (Å²) in [7, 11) is 2.21. The lowest BCUT2D eigenvalue weighted by Crippen LogP contribution is -2.62. The summed E-state index contributed by atoms with van der Waals surface area (Å²) in [6.07, 6.45) is 2.49. The van der Waals surface area contributed by atoms with E-state index in [4.69, 9.17) is 5.73 Å². The van der Waals surface area contributed by atoms with Crippen molar-refractivity contribution in [3.05, 3.63) is 0 Å². The van der Waals surface area contributed by atoms with Crippen LogP contribution >= 0.6 is 0 Å². The van der Waals surface area contributed by atoms with Crippen molar-refractivity contribution in [2.24, 2.45) is 11.7 Å². The van der Waals surface area contributed by atoms with Gasteiger partial charge in [0.25, 0.3) is 0 Å². The van der Waals surface area contributed by atoms with E-state index in [-0.39, 0.29) is 5.54 Å². The molecule has 1 aliphatic rings. The zero-order valence-electron chi connectivity index (χ0n) is 12.4. The van der Waals surface area contributed by atoms with Gasteiger partial charge >= 0.3 is 0 Å². The van der Waals surface area contributed by atoms with Gasteiger partial charge in [-0.25, -0.2) is 0 Å². The topological polar surface area (TPSA) is 32.5 Å². The largest absolute Gasteiger partial charge is 0.329 e. The predicted molar refractivity (Wildman–Crippen MR) is 75.2 cm³/mol. The highest BCUT2D eigenvalue weighted by Crippen LogP contribution is 2.26. The van der Waals surface area contributed by atoms with Crippen molar-refractivity contribution >= 4 is 0 Å². The molecule has 1 rings (SSSR count). The van der Waals surface area contributed by atoms with Gasteiger partial charge in [0.15, 0.2) is 0 Å². The molecule has 0 radical (unpaired) electrons. The molecular weight excluding hydrogens is 210 g/mol. The highest BCUT2D eigenvalue weighted by Gasteiger charge is 2.35. The summed E-state index contributed by atoms with van der Waals surface area (Å²) in [5, 5.41) is 0. The molecule has 0 aliphatic carbocycles. The van der Waals surface area contributed by atoms with Gasteiger partial charge in [0.05, 0.1) is 0 Å². The third-order valence-corrected chi connectivity index (χ3v) is 4.22. The first kappa shape index (κ1) is 14.9. The Labute approximate surface area is 107 Å². The van der Waals surface area contributed by atoms with Gasteiger partial charge in [0.1, 0.15) is 0 Å². The Morgan fingerprint density at radius 2 is 2.00 bits per heavy atom. The Balaban J connectivity index is 2.64. The van der Waals surface area contributed by atoms with Crippen LogP contribution in [0.3, 0.4) is 0 Å². The lowest BCUT2D eigenvalue weighted by Gasteiger charge is -2.49. The maximum absolute atomic E-state index is 6.07. The van der Waals surface area contributed by atoms with E-state index in [1.54, 1.807) is 0 Å². The number of nitrogens with two attached hydrogens (primary N) is 1. The molecule has 17 heavy (non-hydrogen) atoms. The van der Waals surface area contributed by atoms with Gasteiger partial charge in [0, 0.05) is 37.8 Å². The molecule has 0 amide bonds. The normalized spacial score (nSPS) is 27.4. The number of hydrogen-bond donors (Lipinski definition) is 1. The summed E-state index contributed by atoms with van der Waals surface area (Å²) >= 11 is 0. The zero-order valence-corrected chi connectivity index (χ0v) is 12.4. The molecule has 1 aliphatic heterocycles. The molecule has 3 heteroatoms. The minimum absolute atomic E-state index is 0.185. The Bertz CT molecular complexity index is 230. The molecule has 0 bridgehead atoms. The van der Waals surface area contributed by atoms with Crippen LogP contribution in [0.2, 0.25) is 0 Å². The van der Waals surface area contributed by atoms with E-state index < -0.39 is 0 Å². The highest BCUT2D eigenvalue weighted by molar-refractivity contribution is 4.93. The van der Waals surface area contributed by atoms with Gasteiger partial charge in [-0.05, 0) is 39.7 Å². The van der Waals surface area contributed by atoms with E-state index in [9.17, 15) is 0 Å². The molecule has 1 heterocycles. The van der Waals surface area contributed by atoms with Crippen molar-refractivity contribution in [3.8, 4) is 0 Å². The highest BCUT2D eigenvalue weighted by atomic mass is 15.3. The second kappa shape index (κ2) is 6.17. The standard InChI is InChI=1S/C14H31N3/c1-12(2)6-7-14(4,11-15)17-9-8-16(5)10-13(17)3/h12-13H,6-11,15H2,1-5H3. The summed E-state index contributed by atoms with van der Waals surface area (Å²) in [5.41, 5.74) is 6.25. The molecule has 2 atom stereocenters. The number of piperazine rings is 1. The lowest BCUT2D eigenvalue weighted by atomic mass is 9.88. The smallest absolute Gasteiger partial charge is 0.0307 e. The van der Waals surface area contributed by atoms with E-state index in [0.717, 1.165) is 25.6 Å². The van der Waals surface area contributed by atoms with Crippen LogP contribution in [-0.2, 0) is 0 Å². The van der Waals surface area contributed by atoms with Gasteiger partial charge in [0.2, 0.25) is 0 Å². The van der Waals surface area contributed by atoms with Crippen molar-refractivity contribution in [2.45, 2.75) is 52.1 Å². The van der Waals surface area contributed by atoms with Gasteiger partial charge < -0.3 is 10.6 Å². The summed E-state index contributed by atoms with van der Waals surface area (Å²) in [6.45, 7) is 13.5. The average Bonchev–Trinajstić information content (AvgIpc) is 2.26. The number of likely N-dealkylation sites (N-methyl/N-ethyl adjacent to an activating group) is 1. The van der Waals surface area contributed by atoms with E-state index >= 15 is 0 Å². The molecule has 0 aromatic rings. The molecule has 3 nitrogen and oxygen atoms in total. The van der Waals surface area contributed by atoms with Crippen LogP contribution in [0, 0.1) is 5.92 Å². The molecule has 1 fully saturated rings. The maximum Gasteiger partial charge on any atom is 0.0307 e. The quantitative estimate of drug-likeness (QED) is 0.796. The first-order valence-electron chi connectivity index (χ1n) is 7.04. The van der Waals surface area contributed by atoms with E-state index in [0.29, 0.717) is 6.04 Å². The van der Waals surface area contributed by atoms with Gasteiger partial charge in [-0.15, -0.1) is 0 Å². The Morgan fingerprint density at radius 3 is 2.47 bits per heavy atom. The lowest BCUT2D eigenvalue weighted by molar-refractivity contribution is 0.00562. The minimum Gasteiger partial charge on any atom is -0.329 e. The maximum atomic E-state index is 6.07. The van der Waals surface area contributed by atoms with Gasteiger partial charge in [-0.3, -0.25) is 4.90 Å². The van der Waals surface area contributed by atoms with Crippen molar-refractivity contribution in [1.29, 1.82) is 0 Å². The monoisotopic (exact) mass is 241 g/mol. The summed E-state index contributed by atoms with van der Waals surface area (Å²) in [5.74, 6) is 0.767. The van der Waals surface area contributed by atoms with Crippen LogP contribution in [0.25, 0.3) is 0 Å². The Morgan fingerprint density at radius 1 is 1.35 bits per heavy atom. The van der Waals surface area contributed by atoms with Crippen LogP contribution in [0.4, 0.5) is 0 Å². The number of nitrogens with zero attached hydrogens (tertiary/aromatic N) is 2. The second-order valence-corrected chi connectivity index (χ2v) is 6.44.